The Kier molecular flexibility index (Phi) is 10.2. The molecule has 0 radical (unpaired) electrons. The first-order valence-corrected chi connectivity index (χ1v) is 15.5. The average Bonchev–Trinajstić information content (AvgIpc) is 3.55. The number of carbonyl (C=O) groups is 2. The van der Waals surface area contributed by atoms with Crippen LogP contribution in [0.15, 0.2) is 101 Å². The summed E-state index contributed by atoms with van der Waals surface area (Å²) in [7, 11) is 6.17. The lowest BCUT2D eigenvalue weighted by molar-refractivity contribution is -0.115. The molecular formula is C34H31N3O6S2. The van der Waals surface area contributed by atoms with Crippen molar-refractivity contribution in [2.75, 3.05) is 39.1 Å². The van der Waals surface area contributed by atoms with Gasteiger partial charge in [0.25, 0.3) is 5.91 Å². The molecule has 1 unspecified atom stereocenters. The first-order valence-electron chi connectivity index (χ1n) is 13.8. The highest BCUT2D eigenvalue weighted by Gasteiger charge is 2.24. The van der Waals surface area contributed by atoms with Crippen LogP contribution in [-0.4, -0.2) is 45.2 Å². The first-order chi connectivity index (χ1) is 21.9. The van der Waals surface area contributed by atoms with Gasteiger partial charge >= 0.3 is 0 Å². The third kappa shape index (κ3) is 7.39. The molecule has 0 bridgehead atoms. The second-order valence-electron chi connectivity index (χ2n) is 9.52. The number of rotatable bonds is 12. The molecule has 45 heavy (non-hydrogen) atoms. The van der Waals surface area contributed by atoms with Gasteiger partial charge in [-0.25, -0.2) is 4.98 Å². The summed E-state index contributed by atoms with van der Waals surface area (Å²) in [5.74, 6) is 1.47. The van der Waals surface area contributed by atoms with E-state index >= 15 is 0 Å². The lowest BCUT2D eigenvalue weighted by Gasteiger charge is -2.17. The number of nitrogens with one attached hydrogen (secondary N) is 2. The fraction of sp³-hybridized carbons (Fsp3) is 0.147. The van der Waals surface area contributed by atoms with Crippen LogP contribution in [0.5, 0.6) is 23.0 Å². The highest BCUT2D eigenvalue weighted by molar-refractivity contribution is 8.00. The molecule has 5 rings (SSSR count). The molecule has 0 aliphatic heterocycles. The van der Waals surface area contributed by atoms with Crippen LogP contribution in [0.4, 0.5) is 10.8 Å². The van der Waals surface area contributed by atoms with Gasteiger partial charge in [-0.1, -0.05) is 36.4 Å². The number of carbonyl (C=O) groups excluding carboxylic acids is 2. The molecule has 5 aromatic rings. The van der Waals surface area contributed by atoms with Gasteiger partial charge in [-0.2, -0.15) is 0 Å². The molecule has 2 N–H and O–H groups in total. The average molecular weight is 642 g/mol. The summed E-state index contributed by atoms with van der Waals surface area (Å²) in [5.41, 5.74) is 3.29. The van der Waals surface area contributed by atoms with Gasteiger partial charge < -0.3 is 29.6 Å². The van der Waals surface area contributed by atoms with Gasteiger partial charge in [0.2, 0.25) is 5.91 Å². The third-order valence-electron chi connectivity index (χ3n) is 6.78. The number of hydrogen-bond donors (Lipinski definition) is 2. The fourth-order valence-electron chi connectivity index (χ4n) is 4.55. The summed E-state index contributed by atoms with van der Waals surface area (Å²) < 4.78 is 21.5. The Balaban J connectivity index is 1.31. The normalized spacial score (nSPS) is 11.3. The van der Waals surface area contributed by atoms with Crippen LogP contribution in [0.1, 0.15) is 21.2 Å². The topological polar surface area (TPSA) is 108 Å². The molecule has 11 heteroatoms. The van der Waals surface area contributed by atoms with E-state index < -0.39 is 5.25 Å². The fourth-order valence-corrected chi connectivity index (χ4v) is 6.30. The standard InChI is InChI=1S/C34H31N3O6S2/c1-40-26-18-13-22(19-29(26)43-4)25-20-44-34(36-25)37-33(39)31(21-9-6-5-7-10-21)45-24-16-14-23(15-17-24)35-32(38)30-27(41-2)11-8-12-28(30)42-3/h5-20,31H,1-4H3,(H,35,38)(H,36,37,39). The molecule has 0 saturated carbocycles. The van der Waals surface area contributed by atoms with Crippen LogP contribution in [-0.2, 0) is 4.79 Å². The van der Waals surface area contributed by atoms with E-state index in [1.807, 2.05) is 66.0 Å². The van der Waals surface area contributed by atoms with Gasteiger partial charge in [-0.3, -0.25) is 9.59 Å². The van der Waals surface area contributed by atoms with Crippen LogP contribution >= 0.6 is 23.1 Å². The SMILES string of the molecule is COc1ccc(-c2csc(NC(=O)C(Sc3ccc(NC(=O)c4c(OC)cccc4OC)cc3)c3ccccc3)n2)cc1OC. The van der Waals surface area contributed by atoms with Crippen LogP contribution in [0.3, 0.4) is 0 Å². The van der Waals surface area contributed by atoms with E-state index in [-0.39, 0.29) is 11.8 Å². The van der Waals surface area contributed by atoms with Gasteiger partial charge in [0.1, 0.15) is 22.3 Å². The minimum Gasteiger partial charge on any atom is -0.496 e. The van der Waals surface area contributed by atoms with Gasteiger partial charge in [0.15, 0.2) is 16.6 Å². The number of nitrogens with zero attached hydrogens (tertiary/aromatic N) is 1. The number of aromatic nitrogens is 1. The van der Waals surface area contributed by atoms with Gasteiger partial charge in [-0.15, -0.1) is 23.1 Å². The predicted octanol–water partition coefficient (Wildman–Crippen LogP) is 7.57. The van der Waals surface area contributed by atoms with E-state index in [9.17, 15) is 9.59 Å². The third-order valence-corrected chi connectivity index (χ3v) is 8.80. The van der Waals surface area contributed by atoms with E-state index in [4.69, 9.17) is 18.9 Å². The number of hydrogen-bond acceptors (Lipinski definition) is 9. The van der Waals surface area contributed by atoms with E-state index in [0.717, 1.165) is 16.0 Å². The summed E-state index contributed by atoms with van der Waals surface area (Å²) in [6, 6.07) is 27.6. The summed E-state index contributed by atoms with van der Waals surface area (Å²) in [6.07, 6.45) is 0. The maximum atomic E-state index is 13.7. The largest absolute Gasteiger partial charge is 0.496 e. The first kappa shape index (κ1) is 31.4. The highest BCUT2D eigenvalue weighted by atomic mass is 32.2. The molecular weight excluding hydrogens is 611 g/mol. The molecule has 230 valence electrons. The maximum Gasteiger partial charge on any atom is 0.263 e. The zero-order chi connectivity index (χ0) is 31.8. The van der Waals surface area contributed by atoms with Crippen molar-refractivity contribution < 1.29 is 28.5 Å². The van der Waals surface area contributed by atoms with Crippen molar-refractivity contribution in [2.45, 2.75) is 10.1 Å². The lowest BCUT2D eigenvalue weighted by atomic mass is 10.1. The van der Waals surface area contributed by atoms with E-state index in [2.05, 4.69) is 15.6 Å². The van der Waals surface area contributed by atoms with Crippen LogP contribution in [0.2, 0.25) is 0 Å². The van der Waals surface area contributed by atoms with Crippen LogP contribution in [0.25, 0.3) is 11.3 Å². The Morgan fingerprint density at radius 3 is 2.04 bits per heavy atom. The number of anilines is 2. The van der Waals surface area contributed by atoms with Gasteiger partial charge in [-0.05, 0) is 60.2 Å². The molecule has 1 heterocycles. The molecule has 0 saturated heterocycles. The van der Waals surface area contributed by atoms with Crippen molar-refractivity contribution in [1.82, 2.24) is 4.98 Å². The summed E-state index contributed by atoms with van der Waals surface area (Å²) in [5, 5.41) is 7.69. The molecule has 4 aromatic carbocycles. The molecule has 9 nitrogen and oxygen atoms in total. The van der Waals surface area contributed by atoms with Gasteiger partial charge in [0, 0.05) is 21.5 Å². The molecule has 1 atom stereocenters. The number of amides is 2. The van der Waals surface area contributed by atoms with E-state index in [0.29, 0.717) is 45.1 Å². The minimum absolute atomic E-state index is 0.208. The van der Waals surface area contributed by atoms with E-state index in [1.165, 1.54) is 37.3 Å². The summed E-state index contributed by atoms with van der Waals surface area (Å²) in [4.78, 5) is 32.2. The molecule has 1 aromatic heterocycles. The molecule has 0 aliphatic rings. The lowest BCUT2D eigenvalue weighted by Crippen LogP contribution is -2.19. The van der Waals surface area contributed by atoms with Crippen molar-refractivity contribution >= 4 is 45.7 Å². The zero-order valence-electron chi connectivity index (χ0n) is 25.0. The van der Waals surface area contributed by atoms with Crippen molar-refractivity contribution in [3.63, 3.8) is 0 Å². The Bertz CT molecular complexity index is 1750. The van der Waals surface area contributed by atoms with Crippen molar-refractivity contribution in [1.29, 1.82) is 0 Å². The number of benzene rings is 4. The second-order valence-corrected chi connectivity index (χ2v) is 11.6. The second kappa shape index (κ2) is 14.7. The van der Waals surface area contributed by atoms with Gasteiger partial charge in [0.05, 0.1) is 34.1 Å². The minimum atomic E-state index is -0.557. The smallest absolute Gasteiger partial charge is 0.263 e. The summed E-state index contributed by atoms with van der Waals surface area (Å²) in [6.45, 7) is 0. The Labute approximate surface area is 269 Å². The van der Waals surface area contributed by atoms with Crippen LogP contribution < -0.4 is 29.6 Å². The zero-order valence-corrected chi connectivity index (χ0v) is 26.7. The number of thiazole rings is 1. The van der Waals surface area contributed by atoms with Crippen molar-refractivity contribution in [2.24, 2.45) is 0 Å². The van der Waals surface area contributed by atoms with E-state index in [1.54, 1.807) is 44.6 Å². The Morgan fingerprint density at radius 2 is 1.40 bits per heavy atom. The Morgan fingerprint density at radius 1 is 0.733 bits per heavy atom. The highest BCUT2D eigenvalue weighted by Crippen LogP contribution is 2.38. The summed E-state index contributed by atoms with van der Waals surface area (Å²) >= 11 is 2.74. The quantitative estimate of drug-likeness (QED) is 0.134. The Hall–Kier alpha value is -5.00. The molecule has 0 spiro atoms. The maximum absolute atomic E-state index is 13.7. The van der Waals surface area contributed by atoms with Crippen molar-refractivity contribution in [3.8, 4) is 34.3 Å². The number of ether oxygens (including phenoxy) is 4. The monoisotopic (exact) mass is 641 g/mol. The molecule has 0 fully saturated rings. The number of thioether (sulfide) groups is 1. The van der Waals surface area contributed by atoms with Crippen LogP contribution in [0, 0.1) is 0 Å². The number of methoxy groups -OCH3 is 4. The molecule has 0 aliphatic carbocycles. The molecule has 2 amide bonds. The van der Waals surface area contributed by atoms with Crippen molar-refractivity contribution in [3.05, 3.63) is 108 Å². The predicted molar refractivity (Wildman–Crippen MR) is 178 cm³/mol.